The molecule has 100 valence electrons. The Labute approximate surface area is 125 Å². The van der Waals surface area contributed by atoms with Crippen molar-refractivity contribution in [3.05, 3.63) is 34.0 Å². The zero-order valence-electron chi connectivity index (χ0n) is 9.76. The summed E-state index contributed by atoms with van der Waals surface area (Å²) in [5.41, 5.74) is 1.76. The predicted octanol–water partition coefficient (Wildman–Crippen LogP) is 3.56. The second kappa shape index (κ2) is 6.44. The molecule has 0 fully saturated rings. The molecule has 2 rings (SSSR count). The number of hydrogen-bond acceptors (Lipinski definition) is 5. The molecule has 0 unspecified atom stereocenters. The Morgan fingerprint density at radius 3 is 3.00 bits per heavy atom. The standard InChI is InChI=1S/C11H9BrFN3OS2/c1-6(19-11-16-14-5-18-11)10(17)15-9-3-2-7(12)4-8(9)13/h2-6H,1H3,(H,15,17)/t6-/m0/s1. The summed E-state index contributed by atoms with van der Waals surface area (Å²) >= 11 is 5.81. The van der Waals surface area contributed by atoms with Gasteiger partial charge in [0.15, 0.2) is 4.34 Å². The first-order valence-electron chi connectivity index (χ1n) is 5.25. The molecule has 1 N–H and O–H groups in total. The monoisotopic (exact) mass is 361 g/mol. The van der Waals surface area contributed by atoms with Gasteiger partial charge in [-0.25, -0.2) is 4.39 Å². The Morgan fingerprint density at radius 2 is 2.37 bits per heavy atom. The summed E-state index contributed by atoms with van der Waals surface area (Å²) in [5, 5.41) is 9.71. The van der Waals surface area contributed by atoms with Gasteiger partial charge in [-0.2, -0.15) is 0 Å². The lowest BCUT2D eigenvalue weighted by Gasteiger charge is -2.11. The fourth-order valence-corrected chi connectivity index (χ4v) is 3.20. The molecule has 0 aliphatic rings. The van der Waals surface area contributed by atoms with E-state index in [1.165, 1.54) is 35.2 Å². The third kappa shape index (κ3) is 3.99. The smallest absolute Gasteiger partial charge is 0.237 e. The van der Waals surface area contributed by atoms with Gasteiger partial charge in [-0.3, -0.25) is 4.79 Å². The number of halogens is 2. The minimum Gasteiger partial charge on any atom is -0.323 e. The van der Waals surface area contributed by atoms with Gasteiger partial charge in [0.05, 0.1) is 10.9 Å². The van der Waals surface area contributed by atoms with Crippen LogP contribution < -0.4 is 5.32 Å². The van der Waals surface area contributed by atoms with Crippen molar-refractivity contribution >= 4 is 50.6 Å². The summed E-state index contributed by atoms with van der Waals surface area (Å²) in [4.78, 5) is 11.9. The minimum absolute atomic E-state index is 0.165. The van der Waals surface area contributed by atoms with Crippen LogP contribution in [0.5, 0.6) is 0 Å². The number of benzene rings is 1. The van der Waals surface area contributed by atoms with Crippen LogP contribution in [0, 0.1) is 5.82 Å². The number of carbonyl (C=O) groups is 1. The molecular formula is C11H9BrFN3OS2. The first-order valence-corrected chi connectivity index (χ1v) is 7.80. The van der Waals surface area contributed by atoms with Crippen LogP contribution in [0.3, 0.4) is 0 Å². The number of nitrogens with zero attached hydrogens (tertiary/aromatic N) is 2. The number of rotatable bonds is 4. The van der Waals surface area contributed by atoms with E-state index in [0.717, 1.165) is 0 Å². The van der Waals surface area contributed by atoms with E-state index in [4.69, 9.17) is 0 Å². The average molecular weight is 362 g/mol. The normalized spacial score (nSPS) is 12.2. The first kappa shape index (κ1) is 14.4. The second-order valence-corrected chi connectivity index (χ2v) is 6.91. The van der Waals surface area contributed by atoms with E-state index in [1.54, 1.807) is 18.5 Å². The highest BCUT2D eigenvalue weighted by Gasteiger charge is 2.17. The van der Waals surface area contributed by atoms with Gasteiger partial charge in [-0.15, -0.1) is 10.2 Å². The maximum atomic E-state index is 13.6. The Hall–Kier alpha value is -0.990. The number of carbonyl (C=O) groups excluding carboxylic acids is 1. The quantitative estimate of drug-likeness (QED) is 0.845. The molecule has 1 aromatic carbocycles. The molecule has 4 nitrogen and oxygen atoms in total. The zero-order valence-corrected chi connectivity index (χ0v) is 13.0. The molecule has 1 aromatic heterocycles. The Bertz CT molecular complexity index is 579. The van der Waals surface area contributed by atoms with Crippen molar-refractivity contribution in [2.45, 2.75) is 16.5 Å². The van der Waals surface area contributed by atoms with Crippen molar-refractivity contribution < 1.29 is 9.18 Å². The van der Waals surface area contributed by atoms with Gasteiger partial charge in [0.1, 0.15) is 11.3 Å². The van der Waals surface area contributed by atoms with E-state index in [0.29, 0.717) is 8.81 Å². The number of aromatic nitrogens is 2. The summed E-state index contributed by atoms with van der Waals surface area (Å²) in [6.07, 6.45) is 0. The van der Waals surface area contributed by atoms with Crippen molar-refractivity contribution in [1.29, 1.82) is 0 Å². The molecule has 0 saturated carbocycles. The molecule has 19 heavy (non-hydrogen) atoms. The van der Waals surface area contributed by atoms with Crippen molar-refractivity contribution in [1.82, 2.24) is 10.2 Å². The number of thioether (sulfide) groups is 1. The van der Waals surface area contributed by atoms with E-state index in [9.17, 15) is 9.18 Å². The van der Waals surface area contributed by atoms with Gasteiger partial charge in [0, 0.05) is 4.47 Å². The molecule has 0 aliphatic heterocycles. The van der Waals surface area contributed by atoms with Crippen LogP contribution in [0.4, 0.5) is 10.1 Å². The molecule has 1 atom stereocenters. The maximum Gasteiger partial charge on any atom is 0.237 e. The highest BCUT2D eigenvalue weighted by atomic mass is 79.9. The number of nitrogens with one attached hydrogen (secondary N) is 1. The molecule has 0 aliphatic carbocycles. The fourth-order valence-electron chi connectivity index (χ4n) is 1.24. The lowest BCUT2D eigenvalue weighted by atomic mass is 10.3. The molecule has 0 spiro atoms. The first-order chi connectivity index (χ1) is 9.06. The van der Waals surface area contributed by atoms with E-state index in [1.807, 2.05) is 0 Å². The molecule has 0 bridgehead atoms. The number of hydrogen-bond donors (Lipinski definition) is 1. The van der Waals surface area contributed by atoms with Crippen LogP contribution in [0.1, 0.15) is 6.92 Å². The average Bonchev–Trinajstić information content (AvgIpc) is 2.85. The van der Waals surface area contributed by atoms with Crippen molar-refractivity contribution in [3.8, 4) is 0 Å². The second-order valence-electron chi connectivity index (χ2n) is 3.58. The van der Waals surface area contributed by atoms with E-state index in [-0.39, 0.29) is 16.8 Å². The Morgan fingerprint density at radius 1 is 1.58 bits per heavy atom. The van der Waals surface area contributed by atoms with Gasteiger partial charge < -0.3 is 5.32 Å². The summed E-state index contributed by atoms with van der Waals surface area (Å²) in [7, 11) is 0. The summed E-state index contributed by atoms with van der Waals surface area (Å²) in [6.45, 7) is 1.73. The van der Waals surface area contributed by atoms with Crippen molar-refractivity contribution in [2.75, 3.05) is 5.32 Å². The maximum absolute atomic E-state index is 13.6. The SMILES string of the molecule is C[C@H](Sc1nncs1)C(=O)Nc1ccc(Br)cc1F. The van der Waals surface area contributed by atoms with Gasteiger partial charge >= 0.3 is 0 Å². The Kier molecular flexibility index (Phi) is 4.89. The summed E-state index contributed by atoms with van der Waals surface area (Å²) < 4.78 is 14.9. The van der Waals surface area contributed by atoms with Gasteiger partial charge in [-0.1, -0.05) is 39.0 Å². The Balaban J connectivity index is 2.00. The molecule has 1 amide bonds. The predicted molar refractivity (Wildman–Crippen MR) is 78.0 cm³/mol. The van der Waals surface area contributed by atoms with Crippen molar-refractivity contribution in [3.63, 3.8) is 0 Å². The molecule has 8 heteroatoms. The van der Waals surface area contributed by atoms with E-state index in [2.05, 4.69) is 31.4 Å². The van der Waals surface area contributed by atoms with E-state index >= 15 is 0 Å². The zero-order chi connectivity index (χ0) is 13.8. The largest absolute Gasteiger partial charge is 0.323 e. The number of amides is 1. The highest BCUT2D eigenvalue weighted by Crippen LogP contribution is 2.26. The molecule has 1 heterocycles. The van der Waals surface area contributed by atoms with Crippen molar-refractivity contribution in [2.24, 2.45) is 0 Å². The van der Waals surface area contributed by atoms with Crippen LogP contribution in [-0.4, -0.2) is 21.4 Å². The van der Waals surface area contributed by atoms with Gasteiger partial charge in [-0.05, 0) is 25.1 Å². The minimum atomic E-state index is -0.476. The molecule has 2 aromatic rings. The lowest BCUT2D eigenvalue weighted by molar-refractivity contribution is -0.115. The van der Waals surface area contributed by atoms with Crippen LogP contribution in [-0.2, 0) is 4.79 Å². The molecule has 0 radical (unpaired) electrons. The third-order valence-electron chi connectivity index (χ3n) is 2.18. The van der Waals surface area contributed by atoms with E-state index < -0.39 is 5.82 Å². The molecular weight excluding hydrogens is 353 g/mol. The topological polar surface area (TPSA) is 54.9 Å². The highest BCUT2D eigenvalue weighted by molar-refractivity contribution is 9.10. The third-order valence-corrected chi connectivity index (χ3v) is 4.58. The van der Waals surface area contributed by atoms with Gasteiger partial charge in [0.25, 0.3) is 0 Å². The van der Waals surface area contributed by atoms with Crippen LogP contribution in [0.25, 0.3) is 0 Å². The fraction of sp³-hybridized carbons (Fsp3) is 0.182. The van der Waals surface area contributed by atoms with Crippen LogP contribution >= 0.6 is 39.0 Å². The van der Waals surface area contributed by atoms with Crippen LogP contribution in [0.15, 0.2) is 32.5 Å². The van der Waals surface area contributed by atoms with Crippen LogP contribution in [0.2, 0.25) is 0 Å². The van der Waals surface area contributed by atoms with Gasteiger partial charge in [0.2, 0.25) is 5.91 Å². The summed E-state index contributed by atoms with van der Waals surface area (Å²) in [6, 6.07) is 4.49. The summed E-state index contributed by atoms with van der Waals surface area (Å²) in [5.74, 6) is -0.753. The lowest BCUT2D eigenvalue weighted by Crippen LogP contribution is -2.22. The number of anilines is 1. The molecule has 0 saturated heterocycles.